The fraction of sp³-hybridized carbons (Fsp3) is 0.235. The quantitative estimate of drug-likeness (QED) is 0.677. The first-order chi connectivity index (χ1) is 12.4. The first-order valence-corrected chi connectivity index (χ1v) is 7.73. The Morgan fingerprint density at radius 1 is 1.12 bits per heavy atom. The molecule has 2 heterocycles. The smallest absolute Gasteiger partial charge is 0.360 e. The lowest BCUT2D eigenvalue weighted by Gasteiger charge is -2.21. The van der Waals surface area contributed by atoms with Gasteiger partial charge >= 0.3 is 6.18 Å². The molecule has 3 rings (SSSR count). The van der Waals surface area contributed by atoms with Crippen LogP contribution in [0.4, 0.5) is 23.4 Å². The molecule has 3 aromatic rings. The molecule has 0 aliphatic carbocycles. The molecule has 26 heavy (non-hydrogen) atoms. The second kappa shape index (κ2) is 7.20. The molecule has 1 atom stereocenters. The second-order valence-corrected chi connectivity index (χ2v) is 5.59. The maximum atomic E-state index is 13.9. The van der Waals surface area contributed by atoms with Gasteiger partial charge in [0, 0.05) is 12.7 Å². The highest BCUT2D eigenvalue weighted by Crippen LogP contribution is 2.33. The standard InChI is InChI=1S/C17H15F4N5/c1-22-8-14(10-4-5-11(12(18)7-10)17(19,20)21)26-16-15-13(24-9-25-16)3-2-6-23-15/h2-7,9,14,22H,8H2,1H3,(H,24,25,26). The van der Waals surface area contributed by atoms with Gasteiger partial charge in [-0.25, -0.2) is 14.4 Å². The average Bonchev–Trinajstić information content (AvgIpc) is 2.60. The molecule has 0 amide bonds. The maximum absolute atomic E-state index is 13.9. The summed E-state index contributed by atoms with van der Waals surface area (Å²) in [7, 11) is 1.69. The molecule has 0 saturated heterocycles. The van der Waals surface area contributed by atoms with Crippen molar-refractivity contribution in [2.45, 2.75) is 12.2 Å². The van der Waals surface area contributed by atoms with Crippen LogP contribution in [-0.4, -0.2) is 28.5 Å². The molecule has 0 spiro atoms. The minimum atomic E-state index is -4.73. The third-order valence-electron chi connectivity index (χ3n) is 3.81. The van der Waals surface area contributed by atoms with Crippen molar-refractivity contribution in [3.05, 3.63) is 59.8 Å². The number of rotatable bonds is 5. The largest absolute Gasteiger partial charge is 0.419 e. The average molecular weight is 365 g/mol. The minimum Gasteiger partial charge on any atom is -0.360 e. The van der Waals surface area contributed by atoms with Crippen LogP contribution in [0.5, 0.6) is 0 Å². The lowest BCUT2D eigenvalue weighted by molar-refractivity contribution is -0.140. The van der Waals surface area contributed by atoms with Crippen molar-refractivity contribution in [2.24, 2.45) is 0 Å². The Morgan fingerprint density at radius 3 is 2.62 bits per heavy atom. The van der Waals surface area contributed by atoms with Crippen LogP contribution in [0.1, 0.15) is 17.2 Å². The number of fused-ring (bicyclic) bond motifs is 1. The van der Waals surface area contributed by atoms with Crippen LogP contribution in [0.15, 0.2) is 42.9 Å². The number of nitrogens with zero attached hydrogens (tertiary/aromatic N) is 3. The number of aromatic nitrogens is 3. The Labute approximate surface area is 146 Å². The van der Waals surface area contributed by atoms with Crippen LogP contribution in [-0.2, 0) is 6.18 Å². The summed E-state index contributed by atoms with van der Waals surface area (Å²) < 4.78 is 52.2. The lowest BCUT2D eigenvalue weighted by atomic mass is 10.0. The summed E-state index contributed by atoms with van der Waals surface area (Å²) in [5.41, 5.74) is 0.196. The lowest BCUT2D eigenvalue weighted by Crippen LogP contribution is -2.24. The van der Waals surface area contributed by atoms with E-state index < -0.39 is 23.6 Å². The first-order valence-electron chi connectivity index (χ1n) is 7.73. The summed E-state index contributed by atoms with van der Waals surface area (Å²) in [6.07, 6.45) is -1.79. The van der Waals surface area contributed by atoms with E-state index in [1.807, 2.05) is 0 Å². The van der Waals surface area contributed by atoms with Gasteiger partial charge in [0.25, 0.3) is 0 Å². The van der Waals surface area contributed by atoms with E-state index in [4.69, 9.17) is 0 Å². The molecule has 136 valence electrons. The van der Waals surface area contributed by atoms with E-state index in [0.29, 0.717) is 29.0 Å². The van der Waals surface area contributed by atoms with Crippen molar-refractivity contribution >= 4 is 16.9 Å². The Bertz CT molecular complexity index is 908. The van der Waals surface area contributed by atoms with Crippen LogP contribution in [0.3, 0.4) is 0 Å². The van der Waals surface area contributed by atoms with Gasteiger partial charge in [-0.2, -0.15) is 13.2 Å². The van der Waals surface area contributed by atoms with E-state index in [1.165, 1.54) is 12.4 Å². The van der Waals surface area contributed by atoms with Crippen molar-refractivity contribution in [1.29, 1.82) is 0 Å². The number of nitrogens with one attached hydrogen (secondary N) is 2. The normalized spacial score (nSPS) is 13.0. The zero-order valence-electron chi connectivity index (χ0n) is 13.7. The number of halogens is 4. The highest BCUT2D eigenvalue weighted by molar-refractivity contribution is 5.84. The Morgan fingerprint density at radius 2 is 1.92 bits per heavy atom. The van der Waals surface area contributed by atoms with Crippen molar-refractivity contribution in [2.75, 3.05) is 18.9 Å². The predicted molar refractivity (Wildman–Crippen MR) is 89.0 cm³/mol. The zero-order valence-corrected chi connectivity index (χ0v) is 13.7. The molecule has 0 aliphatic heterocycles. The zero-order chi connectivity index (χ0) is 18.7. The highest BCUT2D eigenvalue weighted by Gasteiger charge is 2.34. The van der Waals surface area contributed by atoms with Crippen LogP contribution >= 0.6 is 0 Å². The molecule has 0 saturated carbocycles. The van der Waals surface area contributed by atoms with Gasteiger partial charge in [0.05, 0.1) is 17.1 Å². The topological polar surface area (TPSA) is 62.7 Å². The summed E-state index contributed by atoms with van der Waals surface area (Å²) in [4.78, 5) is 12.5. The van der Waals surface area contributed by atoms with E-state index in [2.05, 4.69) is 25.6 Å². The van der Waals surface area contributed by atoms with Gasteiger partial charge in [-0.15, -0.1) is 0 Å². The van der Waals surface area contributed by atoms with Crippen molar-refractivity contribution in [3.8, 4) is 0 Å². The fourth-order valence-electron chi connectivity index (χ4n) is 2.60. The van der Waals surface area contributed by atoms with Crippen molar-refractivity contribution in [1.82, 2.24) is 20.3 Å². The number of alkyl halides is 3. The number of pyridine rings is 1. The van der Waals surface area contributed by atoms with Crippen LogP contribution < -0.4 is 10.6 Å². The van der Waals surface area contributed by atoms with Crippen LogP contribution in [0, 0.1) is 5.82 Å². The number of anilines is 1. The molecule has 1 unspecified atom stereocenters. The Hall–Kier alpha value is -2.81. The summed E-state index contributed by atoms with van der Waals surface area (Å²) in [5, 5.41) is 6.03. The molecule has 5 nitrogen and oxygen atoms in total. The third-order valence-corrected chi connectivity index (χ3v) is 3.81. The first kappa shape index (κ1) is 18.0. The number of likely N-dealkylation sites (N-methyl/N-ethyl adjacent to an activating group) is 1. The van der Waals surface area contributed by atoms with Crippen molar-refractivity contribution in [3.63, 3.8) is 0 Å². The Balaban J connectivity index is 1.96. The molecular formula is C17H15F4N5. The molecule has 0 aliphatic rings. The molecule has 0 bridgehead atoms. The molecule has 2 aromatic heterocycles. The summed E-state index contributed by atoms with van der Waals surface area (Å²) >= 11 is 0. The minimum absolute atomic E-state index is 0.336. The van der Waals surface area contributed by atoms with Gasteiger partial charge in [0.15, 0.2) is 5.82 Å². The molecule has 2 N–H and O–H groups in total. The molecule has 1 aromatic carbocycles. The van der Waals surface area contributed by atoms with E-state index in [-0.39, 0.29) is 0 Å². The van der Waals surface area contributed by atoms with Gasteiger partial charge in [-0.05, 0) is 36.9 Å². The summed E-state index contributed by atoms with van der Waals surface area (Å²) in [6, 6.07) is 5.85. The molecular weight excluding hydrogens is 350 g/mol. The van der Waals surface area contributed by atoms with Crippen molar-refractivity contribution < 1.29 is 17.6 Å². The fourth-order valence-corrected chi connectivity index (χ4v) is 2.60. The number of benzene rings is 1. The number of hydrogen-bond acceptors (Lipinski definition) is 5. The predicted octanol–water partition coefficient (Wildman–Crippen LogP) is 3.56. The van der Waals surface area contributed by atoms with Gasteiger partial charge in [0.2, 0.25) is 0 Å². The van der Waals surface area contributed by atoms with Crippen LogP contribution in [0.25, 0.3) is 11.0 Å². The second-order valence-electron chi connectivity index (χ2n) is 5.59. The van der Waals surface area contributed by atoms with Crippen LogP contribution in [0.2, 0.25) is 0 Å². The van der Waals surface area contributed by atoms with Gasteiger partial charge < -0.3 is 10.6 Å². The molecule has 0 radical (unpaired) electrons. The highest BCUT2D eigenvalue weighted by atomic mass is 19.4. The van der Waals surface area contributed by atoms with Gasteiger partial charge in [-0.1, -0.05) is 6.07 Å². The summed E-state index contributed by atoms with van der Waals surface area (Å²) in [5.74, 6) is -0.903. The monoisotopic (exact) mass is 365 g/mol. The Kier molecular flexibility index (Phi) is 4.99. The number of hydrogen-bond donors (Lipinski definition) is 2. The van der Waals surface area contributed by atoms with Gasteiger partial charge in [-0.3, -0.25) is 4.98 Å². The van der Waals surface area contributed by atoms with E-state index >= 15 is 0 Å². The van der Waals surface area contributed by atoms with Gasteiger partial charge in [0.1, 0.15) is 17.7 Å². The summed E-state index contributed by atoms with van der Waals surface area (Å²) in [6.45, 7) is 0.336. The molecule has 0 fully saturated rings. The molecule has 9 heteroatoms. The third kappa shape index (κ3) is 3.72. The van der Waals surface area contributed by atoms with E-state index in [1.54, 1.807) is 25.4 Å². The SMILES string of the molecule is CNCC(Nc1ncnc2cccnc12)c1ccc(C(F)(F)F)c(F)c1. The van der Waals surface area contributed by atoms with E-state index in [9.17, 15) is 17.6 Å². The maximum Gasteiger partial charge on any atom is 0.419 e. The van der Waals surface area contributed by atoms with E-state index in [0.717, 1.165) is 12.1 Å².